The minimum absolute atomic E-state index is 1.22. The van der Waals surface area contributed by atoms with Gasteiger partial charge in [-0.3, -0.25) is 0 Å². The molecular weight excluding hydrogens is 324 g/mol. The Morgan fingerprint density at radius 2 is 0.630 bits per heavy atom. The maximum Gasteiger partial charge on any atom is -0.0274 e. The Morgan fingerprint density at radius 3 is 0.926 bits per heavy atom. The molecule has 0 N–H and O–H groups in total. The molecule has 0 rings (SSSR count). The summed E-state index contributed by atoms with van der Waals surface area (Å²) in [4.78, 5) is 0. The second kappa shape index (κ2) is 25.5. The minimum Gasteiger partial charge on any atom is -0.130 e. The van der Waals surface area contributed by atoms with E-state index >= 15 is 0 Å². The molecule has 0 amide bonds. The summed E-state index contributed by atoms with van der Waals surface area (Å²) in [6.07, 6.45) is 35.5. The fourth-order valence-electron chi connectivity index (χ4n) is 3.72. The molecule has 0 aliphatic carbocycles. The van der Waals surface area contributed by atoms with Crippen LogP contribution in [0.4, 0.5) is 0 Å². The van der Waals surface area contributed by atoms with E-state index in [4.69, 9.17) is 0 Å². The molecule has 0 aliphatic heterocycles. The molecular formula is C27H52. The van der Waals surface area contributed by atoms with Crippen molar-refractivity contribution in [2.45, 2.75) is 155 Å². The lowest BCUT2D eigenvalue weighted by Gasteiger charge is -2.02. The first-order chi connectivity index (χ1) is 13.4. The second-order valence-electron chi connectivity index (χ2n) is 8.52. The van der Waals surface area contributed by atoms with Crippen molar-refractivity contribution in [1.29, 1.82) is 0 Å². The van der Waals surface area contributed by atoms with E-state index in [1.54, 1.807) is 0 Å². The molecule has 0 saturated carbocycles. The van der Waals surface area contributed by atoms with E-state index in [9.17, 15) is 0 Å². The van der Waals surface area contributed by atoms with Crippen LogP contribution in [-0.2, 0) is 0 Å². The van der Waals surface area contributed by atoms with E-state index in [-0.39, 0.29) is 0 Å². The van der Waals surface area contributed by atoms with Crippen molar-refractivity contribution in [2.24, 2.45) is 0 Å². The van der Waals surface area contributed by atoms with E-state index in [0.717, 1.165) is 0 Å². The molecule has 0 spiro atoms. The van der Waals surface area contributed by atoms with Crippen LogP contribution in [0.2, 0.25) is 0 Å². The van der Waals surface area contributed by atoms with Gasteiger partial charge in [0.2, 0.25) is 0 Å². The molecule has 0 aliphatic rings. The van der Waals surface area contributed by atoms with Gasteiger partial charge in [-0.05, 0) is 37.8 Å². The third-order valence-corrected chi connectivity index (χ3v) is 5.64. The van der Waals surface area contributed by atoms with Gasteiger partial charge in [0.1, 0.15) is 0 Å². The fraction of sp³-hybridized carbons (Fsp3) is 0.889. The quantitative estimate of drug-likeness (QED) is 0.130. The maximum atomic E-state index is 3.38. The normalized spacial score (nSPS) is 10.7. The summed E-state index contributed by atoms with van der Waals surface area (Å²) in [6, 6.07) is 0. The average molecular weight is 377 g/mol. The van der Waals surface area contributed by atoms with E-state index in [0.29, 0.717) is 0 Å². The van der Waals surface area contributed by atoms with Gasteiger partial charge in [0.25, 0.3) is 0 Å². The number of unbranched alkanes of at least 4 members (excludes halogenated alkanes) is 20. The molecule has 0 aromatic carbocycles. The Hall–Kier alpha value is -0.480. The van der Waals surface area contributed by atoms with Crippen molar-refractivity contribution in [2.75, 3.05) is 0 Å². The predicted octanol–water partition coefficient (Wildman–Crippen LogP) is 10.3. The summed E-state index contributed by atoms with van der Waals surface area (Å²) in [5, 5.41) is 0. The van der Waals surface area contributed by atoms with Crippen molar-refractivity contribution in [3.63, 3.8) is 0 Å². The van der Waals surface area contributed by atoms with Crippen molar-refractivity contribution in [1.82, 2.24) is 0 Å². The highest BCUT2D eigenvalue weighted by Gasteiger charge is 1.93. The zero-order valence-electron chi connectivity index (χ0n) is 19.2. The van der Waals surface area contributed by atoms with E-state index < -0.39 is 0 Å². The van der Waals surface area contributed by atoms with Gasteiger partial charge in [0.05, 0.1) is 0 Å². The molecule has 0 aromatic rings. The molecule has 0 unspecified atom stereocenters. The van der Waals surface area contributed by atoms with Crippen LogP contribution in [0.3, 0.4) is 0 Å². The topological polar surface area (TPSA) is 0 Å². The molecule has 0 bridgehead atoms. The SMILES string of the molecule is CCCCCCCCC=C=CCCCCCCCCCCCCCCCC. The first kappa shape index (κ1) is 26.5. The van der Waals surface area contributed by atoms with Crippen LogP contribution in [0.1, 0.15) is 155 Å². The fourth-order valence-corrected chi connectivity index (χ4v) is 3.72. The van der Waals surface area contributed by atoms with E-state index in [1.165, 1.54) is 141 Å². The number of rotatable bonds is 22. The largest absolute Gasteiger partial charge is 0.130 e. The summed E-state index contributed by atoms with van der Waals surface area (Å²) < 4.78 is 0. The van der Waals surface area contributed by atoms with Gasteiger partial charge in [-0.15, -0.1) is 5.73 Å². The Balaban J connectivity index is 3.12. The van der Waals surface area contributed by atoms with Crippen molar-refractivity contribution < 1.29 is 0 Å². The molecule has 0 radical (unpaired) electrons. The molecule has 0 nitrogen and oxygen atoms in total. The lowest BCUT2D eigenvalue weighted by molar-refractivity contribution is 0.536. The lowest BCUT2D eigenvalue weighted by atomic mass is 10.0. The van der Waals surface area contributed by atoms with Gasteiger partial charge in [-0.2, -0.15) is 0 Å². The van der Waals surface area contributed by atoms with Crippen LogP contribution < -0.4 is 0 Å². The summed E-state index contributed by atoms with van der Waals surface area (Å²) in [7, 11) is 0. The zero-order valence-corrected chi connectivity index (χ0v) is 19.2. The van der Waals surface area contributed by atoms with Crippen LogP contribution in [0.5, 0.6) is 0 Å². The lowest BCUT2D eigenvalue weighted by Crippen LogP contribution is -1.83. The van der Waals surface area contributed by atoms with Gasteiger partial charge in [-0.1, -0.05) is 129 Å². The van der Waals surface area contributed by atoms with Crippen LogP contribution in [0.15, 0.2) is 17.9 Å². The van der Waals surface area contributed by atoms with Gasteiger partial charge >= 0.3 is 0 Å². The molecule has 0 atom stereocenters. The van der Waals surface area contributed by atoms with Crippen LogP contribution in [-0.4, -0.2) is 0 Å². The van der Waals surface area contributed by atoms with Crippen LogP contribution >= 0.6 is 0 Å². The monoisotopic (exact) mass is 376 g/mol. The first-order valence-corrected chi connectivity index (χ1v) is 12.8. The van der Waals surface area contributed by atoms with Crippen molar-refractivity contribution in [3.05, 3.63) is 17.9 Å². The van der Waals surface area contributed by atoms with Crippen LogP contribution in [0, 0.1) is 0 Å². The average Bonchev–Trinajstić information content (AvgIpc) is 2.68. The Bertz CT molecular complexity index is 308. The third kappa shape index (κ3) is 25.5. The summed E-state index contributed by atoms with van der Waals surface area (Å²) in [6.45, 7) is 4.58. The van der Waals surface area contributed by atoms with Gasteiger partial charge in [-0.25, -0.2) is 0 Å². The third-order valence-electron chi connectivity index (χ3n) is 5.64. The Kier molecular flexibility index (Phi) is 25.1. The smallest absolute Gasteiger partial charge is 0.0274 e. The highest BCUT2D eigenvalue weighted by Crippen LogP contribution is 2.13. The second-order valence-corrected chi connectivity index (χ2v) is 8.52. The number of hydrogen-bond acceptors (Lipinski definition) is 0. The number of hydrogen-bond donors (Lipinski definition) is 0. The standard InChI is InChI=1S/C27H52/c1-3-5-7-9-11-13-15-17-19-21-23-25-27-26-24-22-20-18-16-14-12-10-8-6-4-2/h17,21H,3-16,18,20,22-27H2,1-2H3. The van der Waals surface area contributed by atoms with Crippen molar-refractivity contribution >= 4 is 0 Å². The van der Waals surface area contributed by atoms with Gasteiger partial charge < -0.3 is 0 Å². The Labute approximate surface area is 173 Å². The summed E-state index contributed by atoms with van der Waals surface area (Å²) in [5.41, 5.74) is 3.38. The summed E-state index contributed by atoms with van der Waals surface area (Å²) >= 11 is 0. The van der Waals surface area contributed by atoms with E-state index in [2.05, 4.69) is 31.7 Å². The minimum atomic E-state index is 1.22. The van der Waals surface area contributed by atoms with Crippen LogP contribution in [0.25, 0.3) is 0 Å². The summed E-state index contributed by atoms with van der Waals surface area (Å²) in [5.74, 6) is 0. The maximum absolute atomic E-state index is 3.38. The molecule has 0 saturated heterocycles. The van der Waals surface area contributed by atoms with Gasteiger partial charge in [0.15, 0.2) is 0 Å². The molecule has 0 heterocycles. The van der Waals surface area contributed by atoms with Crippen molar-refractivity contribution in [3.8, 4) is 0 Å². The van der Waals surface area contributed by atoms with Gasteiger partial charge in [0, 0.05) is 0 Å². The van der Waals surface area contributed by atoms with E-state index in [1.807, 2.05) is 0 Å². The highest BCUT2D eigenvalue weighted by atomic mass is 14.0. The zero-order chi connectivity index (χ0) is 19.7. The predicted molar refractivity (Wildman–Crippen MR) is 126 cm³/mol. The highest BCUT2D eigenvalue weighted by molar-refractivity contribution is 4.84. The molecule has 0 fully saturated rings. The first-order valence-electron chi connectivity index (χ1n) is 12.8. The molecule has 0 aromatic heterocycles. The number of allylic oxidation sites excluding steroid dienone is 1. The molecule has 0 heteroatoms. The Morgan fingerprint density at radius 1 is 0.370 bits per heavy atom. The molecule has 27 heavy (non-hydrogen) atoms. The molecule has 160 valence electrons.